The number of nitrogens with one attached hydrogen (secondary N) is 2. The number of carbonyl (C=O) groups is 1. The highest BCUT2D eigenvalue weighted by Gasteiger charge is 2.23. The number of para-hydroxylation sites is 1. The first-order valence-electron chi connectivity index (χ1n) is 9.41. The van der Waals surface area contributed by atoms with Crippen LogP contribution in [0, 0.1) is 0 Å². The summed E-state index contributed by atoms with van der Waals surface area (Å²) >= 11 is 0. The van der Waals surface area contributed by atoms with Crippen molar-refractivity contribution in [2.24, 2.45) is 0 Å². The highest BCUT2D eigenvalue weighted by Crippen LogP contribution is 2.29. The van der Waals surface area contributed by atoms with Gasteiger partial charge in [-0.25, -0.2) is 0 Å². The van der Waals surface area contributed by atoms with Gasteiger partial charge >= 0.3 is 0 Å². The summed E-state index contributed by atoms with van der Waals surface area (Å²) in [6.45, 7) is 0. The first kappa shape index (κ1) is 15.9. The molecule has 5 rings (SSSR count). The number of aromatic amines is 1. The molecule has 2 aromatic heterocycles. The third-order valence-electron chi connectivity index (χ3n) is 5.46. The van der Waals surface area contributed by atoms with Crippen LogP contribution in [0.25, 0.3) is 16.6 Å². The molecule has 1 aliphatic rings. The highest BCUT2D eigenvalue weighted by atomic mass is 16.1. The Morgan fingerprint density at radius 3 is 2.59 bits per heavy atom. The number of rotatable bonds is 3. The molecule has 0 bridgehead atoms. The standard InChI is InChI=1S/C23H21N3O/c27-23(16-7-10-18(11-8-16)26-13-3-4-14-26)24-17-9-12-20-19-5-1-2-6-21(19)25-22(20)15-17/h1-8,10-11,13-14,17,25H,9,12,15H2,(H,24,27). The molecule has 0 saturated carbocycles. The molecule has 0 aliphatic heterocycles. The van der Waals surface area contributed by atoms with Gasteiger partial charge in [0, 0.05) is 52.7 Å². The predicted molar refractivity (Wildman–Crippen MR) is 107 cm³/mol. The van der Waals surface area contributed by atoms with Gasteiger partial charge in [0.25, 0.3) is 5.91 Å². The van der Waals surface area contributed by atoms with Crippen LogP contribution in [-0.4, -0.2) is 21.5 Å². The van der Waals surface area contributed by atoms with Gasteiger partial charge in [0.2, 0.25) is 0 Å². The topological polar surface area (TPSA) is 49.8 Å². The van der Waals surface area contributed by atoms with E-state index in [0.717, 1.165) is 24.9 Å². The quantitative estimate of drug-likeness (QED) is 0.567. The molecule has 1 amide bonds. The molecule has 0 fully saturated rings. The lowest BCUT2D eigenvalue weighted by molar-refractivity contribution is 0.0933. The van der Waals surface area contributed by atoms with Crippen molar-refractivity contribution in [2.45, 2.75) is 25.3 Å². The molecule has 4 heteroatoms. The van der Waals surface area contributed by atoms with Crippen molar-refractivity contribution >= 4 is 16.8 Å². The molecular formula is C23H21N3O. The van der Waals surface area contributed by atoms with E-state index in [1.54, 1.807) is 0 Å². The molecule has 4 nitrogen and oxygen atoms in total. The number of aryl methyl sites for hydroxylation is 1. The van der Waals surface area contributed by atoms with Gasteiger partial charge in [0.1, 0.15) is 0 Å². The Kier molecular flexibility index (Phi) is 3.82. The average molecular weight is 355 g/mol. The van der Waals surface area contributed by atoms with E-state index in [-0.39, 0.29) is 11.9 Å². The van der Waals surface area contributed by atoms with Crippen LogP contribution < -0.4 is 5.32 Å². The van der Waals surface area contributed by atoms with Gasteiger partial charge in [0.05, 0.1) is 0 Å². The number of nitrogens with zero attached hydrogens (tertiary/aromatic N) is 1. The molecule has 0 saturated heterocycles. The zero-order valence-electron chi connectivity index (χ0n) is 15.0. The van der Waals surface area contributed by atoms with Gasteiger partial charge < -0.3 is 14.9 Å². The number of amides is 1. The van der Waals surface area contributed by atoms with Gasteiger partial charge in [0.15, 0.2) is 0 Å². The molecule has 1 unspecified atom stereocenters. The fraction of sp³-hybridized carbons (Fsp3) is 0.174. The van der Waals surface area contributed by atoms with E-state index in [1.807, 2.05) is 53.4 Å². The lowest BCUT2D eigenvalue weighted by atomic mass is 9.91. The predicted octanol–water partition coefficient (Wildman–Crippen LogP) is 4.25. The van der Waals surface area contributed by atoms with Gasteiger partial charge in [-0.05, 0) is 60.9 Å². The SMILES string of the molecule is O=C(NC1CCc2c([nH]c3ccccc23)C1)c1ccc(-n2cccc2)cc1. The smallest absolute Gasteiger partial charge is 0.251 e. The Hall–Kier alpha value is -3.27. The normalized spacial score (nSPS) is 16.2. The largest absolute Gasteiger partial charge is 0.358 e. The van der Waals surface area contributed by atoms with Crippen molar-refractivity contribution in [1.29, 1.82) is 0 Å². The molecule has 0 radical (unpaired) electrons. The van der Waals surface area contributed by atoms with Crippen LogP contribution in [0.3, 0.4) is 0 Å². The van der Waals surface area contributed by atoms with Crippen molar-refractivity contribution in [1.82, 2.24) is 14.9 Å². The number of H-pyrrole nitrogens is 1. The van der Waals surface area contributed by atoms with E-state index in [2.05, 4.69) is 34.6 Å². The summed E-state index contributed by atoms with van der Waals surface area (Å²) in [5.74, 6) is -0.00128. The van der Waals surface area contributed by atoms with Gasteiger partial charge in [-0.1, -0.05) is 18.2 Å². The summed E-state index contributed by atoms with van der Waals surface area (Å²) in [5, 5.41) is 4.53. The fourth-order valence-electron chi connectivity index (χ4n) is 4.07. The number of aromatic nitrogens is 2. The van der Waals surface area contributed by atoms with Crippen LogP contribution in [0.4, 0.5) is 0 Å². The lowest BCUT2D eigenvalue weighted by Crippen LogP contribution is -2.38. The maximum Gasteiger partial charge on any atom is 0.251 e. The van der Waals surface area contributed by atoms with Crippen LogP contribution in [0.5, 0.6) is 0 Å². The van der Waals surface area contributed by atoms with E-state index in [0.29, 0.717) is 5.56 Å². The molecule has 2 heterocycles. The molecular weight excluding hydrogens is 334 g/mol. The van der Waals surface area contributed by atoms with E-state index >= 15 is 0 Å². The third kappa shape index (κ3) is 2.93. The molecule has 2 N–H and O–H groups in total. The van der Waals surface area contributed by atoms with Crippen molar-refractivity contribution in [3.8, 4) is 5.69 Å². The first-order chi connectivity index (χ1) is 13.3. The minimum absolute atomic E-state index is 0.00128. The summed E-state index contributed by atoms with van der Waals surface area (Å²) in [6.07, 6.45) is 6.82. The minimum Gasteiger partial charge on any atom is -0.358 e. The Morgan fingerprint density at radius 2 is 1.78 bits per heavy atom. The maximum absolute atomic E-state index is 12.7. The molecule has 4 aromatic rings. The van der Waals surface area contributed by atoms with Crippen LogP contribution in [0.15, 0.2) is 73.1 Å². The van der Waals surface area contributed by atoms with Crippen molar-refractivity contribution in [2.75, 3.05) is 0 Å². The van der Waals surface area contributed by atoms with Crippen LogP contribution in [0.2, 0.25) is 0 Å². The van der Waals surface area contributed by atoms with Crippen LogP contribution in [-0.2, 0) is 12.8 Å². The number of fused-ring (bicyclic) bond motifs is 3. The van der Waals surface area contributed by atoms with Gasteiger partial charge in [-0.2, -0.15) is 0 Å². The van der Waals surface area contributed by atoms with E-state index in [9.17, 15) is 4.79 Å². The summed E-state index contributed by atoms with van der Waals surface area (Å²) in [4.78, 5) is 16.2. The van der Waals surface area contributed by atoms with E-state index < -0.39 is 0 Å². The number of carbonyl (C=O) groups excluding carboxylic acids is 1. The Morgan fingerprint density at radius 1 is 1.00 bits per heavy atom. The number of hydrogen-bond donors (Lipinski definition) is 2. The summed E-state index contributed by atoms with van der Waals surface area (Å²) in [5.41, 5.74) is 5.61. The monoisotopic (exact) mass is 355 g/mol. The second-order valence-electron chi connectivity index (χ2n) is 7.18. The molecule has 27 heavy (non-hydrogen) atoms. The Balaban J connectivity index is 1.30. The molecule has 1 aliphatic carbocycles. The summed E-state index contributed by atoms with van der Waals surface area (Å²) < 4.78 is 2.03. The number of hydrogen-bond acceptors (Lipinski definition) is 1. The van der Waals surface area contributed by atoms with Crippen molar-refractivity contribution < 1.29 is 4.79 Å². The molecule has 134 valence electrons. The van der Waals surface area contributed by atoms with Gasteiger partial charge in [-0.3, -0.25) is 4.79 Å². The molecule has 1 atom stereocenters. The van der Waals surface area contributed by atoms with Gasteiger partial charge in [-0.15, -0.1) is 0 Å². The zero-order chi connectivity index (χ0) is 18.2. The highest BCUT2D eigenvalue weighted by molar-refractivity contribution is 5.94. The minimum atomic E-state index is -0.00128. The molecule has 2 aromatic carbocycles. The molecule has 0 spiro atoms. The zero-order valence-corrected chi connectivity index (χ0v) is 15.0. The summed E-state index contributed by atoms with van der Waals surface area (Å²) in [7, 11) is 0. The number of benzene rings is 2. The van der Waals surface area contributed by atoms with Crippen LogP contribution in [0.1, 0.15) is 28.0 Å². The second kappa shape index (κ2) is 6.47. The van der Waals surface area contributed by atoms with E-state index in [4.69, 9.17) is 0 Å². The first-order valence-corrected chi connectivity index (χ1v) is 9.41. The van der Waals surface area contributed by atoms with Crippen molar-refractivity contribution in [3.63, 3.8) is 0 Å². The Labute approximate surface area is 157 Å². The third-order valence-corrected chi connectivity index (χ3v) is 5.46. The lowest BCUT2D eigenvalue weighted by Gasteiger charge is -2.23. The van der Waals surface area contributed by atoms with Crippen LogP contribution >= 0.6 is 0 Å². The average Bonchev–Trinajstić information content (AvgIpc) is 3.35. The maximum atomic E-state index is 12.7. The van der Waals surface area contributed by atoms with Crippen molar-refractivity contribution in [3.05, 3.63) is 89.9 Å². The second-order valence-corrected chi connectivity index (χ2v) is 7.18. The fourth-order valence-corrected chi connectivity index (χ4v) is 4.07. The summed E-state index contributed by atoms with van der Waals surface area (Å²) in [6, 6.07) is 20.3. The Bertz CT molecular complexity index is 1090. The van der Waals surface area contributed by atoms with E-state index in [1.165, 1.54) is 22.2 Å².